The third-order valence-corrected chi connectivity index (χ3v) is 4.24. The number of rotatable bonds is 2. The van der Waals surface area contributed by atoms with Gasteiger partial charge in [0.1, 0.15) is 5.82 Å². The Hall–Kier alpha value is -2.21. The van der Waals surface area contributed by atoms with E-state index < -0.39 is 0 Å². The molecule has 0 saturated carbocycles. The molecule has 0 radical (unpaired) electrons. The zero-order chi connectivity index (χ0) is 15.1. The molecule has 0 spiro atoms. The van der Waals surface area contributed by atoms with Crippen LogP contribution in [-0.2, 0) is 0 Å². The molecule has 1 N–H and O–H groups in total. The second kappa shape index (κ2) is 4.96. The molecule has 2 amide bonds. The minimum Gasteiger partial charge on any atom is -0.340 e. The summed E-state index contributed by atoms with van der Waals surface area (Å²) in [5, 5.41) is 3.14. The minimum absolute atomic E-state index is 0.265. The Morgan fingerprint density at radius 3 is 2.57 bits per heavy atom. The zero-order valence-electron chi connectivity index (χ0n) is 11.5. The Kier molecular flexibility index (Phi) is 3.25. The first kappa shape index (κ1) is 13.8. The summed E-state index contributed by atoms with van der Waals surface area (Å²) in [5.74, 6) is 0.138. The lowest BCUT2D eigenvalue weighted by Crippen LogP contribution is -2.24. The Bertz CT molecular complexity index is 774. The van der Waals surface area contributed by atoms with Crippen molar-refractivity contribution in [1.29, 1.82) is 0 Å². The summed E-state index contributed by atoms with van der Waals surface area (Å²) < 4.78 is 0.935. The predicted octanol–water partition coefficient (Wildman–Crippen LogP) is 3.12. The fourth-order valence-corrected chi connectivity index (χ4v) is 2.41. The average molecular weight is 346 g/mol. The van der Waals surface area contributed by atoms with Crippen LogP contribution in [0.1, 0.15) is 26.3 Å². The Labute approximate surface area is 130 Å². The van der Waals surface area contributed by atoms with E-state index in [-0.39, 0.29) is 11.8 Å². The molecule has 6 heteroatoms. The number of carbonyl (C=O) groups is 2. The molecule has 0 aliphatic carbocycles. The number of benzene rings is 1. The predicted molar refractivity (Wildman–Crippen MR) is 82.8 cm³/mol. The molecule has 1 aromatic carbocycles. The van der Waals surface area contributed by atoms with Crippen molar-refractivity contribution in [3.63, 3.8) is 0 Å². The molecule has 0 saturated heterocycles. The van der Waals surface area contributed by atoms with Gasteiger partial charge in [-0.1, -0.05) is 0 Å². The monoisotopic (exact) mass is 345 g/mol. The number of fused-ring (bicyclic) bond motifs is 1. The first-order valence-electron chi connectivity index (χ1n) is 6.33. The van der Waals surface area contributed by atoms with Gasteiger partial charge < -0.3 is 5.32 Å². The molecule has 2 aromatic rings. The molecule has 3 rings (SSSR count). The number of aromatic nitrogens is 1. The van der Waals surface area contributed by atoms with E-state index in [1.165, 1.54) is 7.05 Å². The number of carbonyl (C=O) groups excluding carboxylic acids is 2. The molecule has 0 fully saturated rings. The maximum absolute atomic E-state index is 12.0. The van der Waals surface area contributed by atoms with Crippen molar-refractivity contribution < 1.29 is 9.59 Å². The molecule has 0 bridgehead atoms. The molecule has 1 aliphatic heterocycles. The van der Waals surface area contributed by atoms with Crippen molar-refractivity contribution in [1.82, 2.24) is 9.88 Å². The highest BCUT2D eigenvalue weighted by atomic mass is 79.9. The van der Waals surface area contributed by atoms with Gasteiger partial charge in [-0.05, 0) is 52.7 Å². The fraction of sp³-hybridized carbons (Fsp3) is 0.133. The van der Waals surface area contributed by atoms with Gasteiger partial charge in [0.05, 0.1) is 11.1 Å². The number of halogens is 1. The van der Waals surface area contributed by atoms with Crippen LogP contribution < -0.4 is 5.32 Å². The largest absolute Gasteiger partial charge is 0.340 e. The number of pyridine rings is 1. The first-order valence-corrected chi connectivity index (χ1v) is 7.12. The third-order valence-electron chi connectivity index (χ3n) is 3.41. The van der Waals surface area contributed by atoms with Crippen LogP contribution in [0, 0.1) is 6.92 Å². The highest BCUT2D eigenvalue weighted by Gasteiger charge is 2.32. The number of amides is 2. The zero-order valence-corrected chi connectivity index (χ0v) is 13.1. The van der Waals surface area contributed by atoms with Gasteiger partial charge >= 0.3 is 0 Å². The highest BCUT2D eigenvalue weighted by molar-refractivity contribution is 9.10. The van der Waals surface area contributed by atoms with Crippen LogP contribution in [0.5, 0.6) is 0 Å². The van der Waals surface area contributed by atoms with Gasteiger partial charge in [0.25, 0.3) is 11.8 Å². The lowest BCUT2D eigenvalue weighted by molar-refractivity contribution is 0.0693. The van der Waals surface area contributed by atoms with Gasteiger partial charge in [-0.25, -0.2) is 4.98 Å². The molecule has 21 heavy (non-hydrogen) atoms. The second-order valence-corrected chi connectivity index (χ2v) is 5.73. The van der Waals surface area contributed by atoms with Crippen molar-refractivity contribution in [3.8, 4) is 0 Å². The maximum Gasteiger partial charge on any atom is 0.261 e. The summed E-state index contributed by atoms with van der Waals surface area (Å²) in [6.45, 7) is 1.97. The van der Waals surface area contributed by atoms with E-state index in [1.807, 2.05) is 13.0 Å². The molecule has 1 aliphatic rings. The van der Waals surface area contributed by atoms with E-state index in [1.54, 1.807) is 24.4 Å². The fourth-order valence-electron chi connectivity index (χ4n) is 2.19. The van der Waals surface area contributed by atoms with Gasteiger partial charge in [0, 0.05) is 23.4 Å². The topological polar surface area (TPSA) is 62.3 Å². The van der Waals surface area contributed by atoms with E-state index in [4.69, 9.17) is 0 Å². The van der Waals surface area contributed by atoms with Crippen molar-refractivity contribution in [2.75, 3.05) is 12.4 Å². The molecule has 5 nitrogen and oxygen atoms in total. The Morgan fingerprint density at radius 2 is 1.86 bits per heavy atom. The average Bonchev–Trinajstić information content (AvgIpc) is 2.68. The van der Waals surface area contributed by atoms with Crippen LogP contribution in [0.15, 0.2) is 34.9 Å². The van der Waals surface area contributed by atoms with Crippen molar-refractivity contribution in [2.45, 2.75) is 6.92 Å². The van der Waals surface area contributed by atoms with Crippen LogP contribution in [-0.4, -0.2) is 28.7 Å². The van der Waals surface area contributed by atoms with Crippen molar-refractivity contribution >= 4 is 39.2 Å². The SMILES string of the molecule is Cc1cc(Nc2ccc3c(c2)C(=O)N(C)C3=O)ncc1Br. The molecule has 0 unspecified atom stereocenters. The minimum atomic E-state index is -0.279. The summed E-state index contributed by atoms with van der Waals surface area (Å²) in [5.41, 5.74) is 2.63. The van der Waals surface area contributed by atoms with E-state index in [9.17, 15) is 9.59 Å². The molecule has 106 valence electrons. The summed E-state index contributed by atoms with van der Waals surface area (Å²) >= 11 is 3.40. The Balaban J connectivity index is 1.93. The molecule has 0 atom stereocenters. The van der Waals surface area contributed by atoms with Crippen LogP contribution in [0.4, 0.5) is 11.5 Å². The number of hydrogen-bond acceptors (Lipinski definition) is 4. The summed E-state index contributed by atoms with van der Waals surface area (Å²) in [6, 6.07) is 7.00. The molecule has 1 aromatic heterocycles. The molecular weight excluding hydrogens is 334 g/mol. The maximum atomic E-state index is 12.0. The van der Waals surface area contributed by atoms with Gasteiger partial charge in [-0.15, -0.1) is 0 Å². The summed E-state index contributed by atoms with van der Waals surface area (Å²) in [4.78, 5) is 29.2. The lowest BCUT2D eigenvalue weighted by Gasteiger charge is -2.08. The first-order chi connectivity index (χ1) is 9.97. The summed E-state index contributed by atoms with van der Waals surface area (Å²) in [7, 11) is 1.48. The van der Waals surface area contributed by atoms with E-state index >= 15 is 0 Å². The van der Waals surface area contributed by atoms with Crippen LogP contribution >= 0.6 is 15.9 Å². The van der Waals surface area contributed by atoms with Gasteiger partial charge in [-0.3, -0.25) is 14.5 Å². The quantitative estimate of drug-likeness (QED) is 0.849. The third kappa shape index (κ3) is 2.31. The van der Waals surface area contributed by atoms with Crippen molar-refractivity contribution in [3.05, 3.63) is 51.6 Å². The van der Waals surface area contributed by atoms with E-state index in [0.717, 1.165) is 20.6 Å². The smallest absolute Gasteiger partial charge is 0.261 e. The number of imide groups is 1. The number of nitrogens with zero attached hydrogens (tertiary/aromatic N) is 2. The normalized spacial score (nSPS) is 13.6. The van der Waals surface area contributed by atoms with E-state index in [0.29, 0.717) is 16.9 Å². The van der Waals surface area contributed by atoms with E-state index in [2.05, 4.69) is 26.2 Å². The van der Waals surface area contributed by atoms with Crippen LogP contribution in [0.3, 0.4) is 0 Å². The van der Waals surface area contributed by atoms with Crippen LogP contribution in [0.25, 0.3) is 0 Å². The number of anilines is 2. The number of aryl methyl sites for hydroxylation is 1. The number of nitrogens with one attached hydrogen (secondary N) is 1. The molecule has 2 heterocycles. The molecular formula is C15H12BrN3O2. The standard InChI is InChI=1S/C15H12BrN3O2/c1-8-5-13(17-7-12(8)16)18-9-3-4-10-11(6-9)15(21)19(2)14(10)20/h3-7H,1-2H3,(H,17,18). The highest BCUT2D eigenvalue weighted by Crippen LogP contribution is 2.26. The van der Waals surface area contributed by atoms with Crippen LogP contribution in [0.2, 0.25) is 0 Å². The Morgan fingerprint density at radius 1 is 1.14 bits per heavy atom. The van der Waals surface area contributed by atoms with Gasteiger partial charge in [0.2, 0.25) is 0 Å². The lowest BCUT2D eigenvalue weighted by atomic mass is 10.1. The van der Waals surface area contributed by atoms with Gasteiger partial charge in [0.15, 0.2) is 0 Å². The summed E-state index contributed by atoms with van der Waals surface area (Å²) in [6.07, 6.45) is 1.72. The number of hydrogen-bond donors (Lipinski definition) is 1. The van der Waals surface area contributed by atoms with Gasteiger partial charge in [-0.2, -0.15) is 0 Å². The second-order valence-electron chi connectivity index (χ2n) is 4.87. The van der Waals surface area contributed by atoms with Crippen molar-refractivity contribution in [2.24, 2.45) is 0 Å².